The van der Waals surface area contributed by atoms with Gasteiger partial charge >= 0.3 is 0 Å². The lowest BCUT2D eigenvalue weighted by atomic mass is 10.0. The molecule has 40 heavy (non-hydrogen) atoms. The molecule has 0 radical (unpaired) electrons. The molecule has 0 aromatic heterocycles. The van der Waals surface area contributed by atoms with Crippen LogP contribution < -0.4 is 9.47 Å². The normalized spacial score (nSPS) is 10.1. The number of hydrogen-bond acceptors (Lipinski definition) is 6. The highest BCUT2D eigenvalue weighted by atomic mass is 16.5. The van der Waals surface area contributed by atoms with Crippen molar-refractivity contribution >= 4 is 11.6 Å². The highest BCUT2D eigenvalue weighted by Gasteiger charge is 2.07. The maximum Gasteiger partial charge on any atom is 0.161 e. The molecule has 0 bridgehead atoms. The average molecular weight is 559 g/mol. The van der Waals surface area contributed by atoms with Gasteiger partial charge in [-0.1, -0.05) is 65.5 Å². The minimum Gasteiger partial charge on any atom is -0.504 e. The second-order valence-electron chi connectivity index (χ2n) is 9.82. The van der Waals surface area contributed by atoms with Crippen molar-refractivity contribution in [3.63, 3.8) is 0 Å². The number of aromatic hydroxyl groups is 2. The largest absolute Gasteiger partial charge is 0.504 e. The second kappa shape index (κ2) is 23.8. The molecule has 0 fully saturated rings. The van der Waals surface area contributed by atoms with Gasteiger partial charge in [0, 0.05) is 25.7 Å². The molecule has 2 rings (SSSR count). The maximum atomic E-state index is 11.8. The van der Waals surface area contributed by atoms with Crippen molar-refractivity contribution in [2.24, 2.45) is 0 Å². The van der Waals surface area contributed by atoms with E-state index in [0.29, 0.717) is 74.8 Å². The summed E-state index contributed by atoms with van der Waals surface area (Å²) in [5, 5.41) is 19.2. The van der Waals surface area contributed by atoms with Crippen molar-refractivity contribution in [1.82, 2.24) is 0 Å². The van der Waals surface area contributed by atoms with Crippen LogP contribution in [0.25, 0.3) is 0 Å². The number of unbranched alkanes of at least 4 members (excludes halogenated alkanes) is 3. The minimum atomic E-state index is 0.149. The molecule has 226 valence electrons. The van der Waals surface area contributed by atoms with Gasteiger partial charge in [-0.3, -0.25) is 9.59 Å². The fraction of sp³-hybridized carbons (Fsp3) is 0.588. The third kappa shape index (κ3) is 17.5. The van der Waals surface area contributed by atoms with Gasteiger partial charge in [-0.25, -0.2) is 0 Å². The molecule has 2 aromatic carbocycles. The molecule has 0 saturated heterocycles. The van der Waals surface area contributed by atoms with E-state index in [1.54, 1.807) is 18.2 Å². The van der Waals surface area contributed by atoms with Crippen molar-refractivity contribution in [2.45, 2.75) is 119 Å². The summed E-state index contributed by atoms with van der Waals surface area (Å²) in [6.07, 6.45) is 10.6. The zero-order valence-electron chi connectivity index (χ0n) is 25.9. The van der Waals surface area contributed by atoms with E-state index in [9.17, 15) is 19.8 Å². The number of ether oxygens (including phenoxy) is 2. The number of phenolic OH excluding ortho intramolecular Hbond substituents is 2. The predicted molar refractivity (Wildman–Crippen MR) is 165 cm³/mol. The number of benzene rings is 2. The van der Waals surface area contributed by atoms with Crippen molar-refractivity contribution in [2.75, 3.05) is 13.2 Å². The van der Waals surface area contributed by atoms with E-state index in [-0.39, 0.29) is 11.5 Å². The fourth-order valence-corrected chi connectivity index (χ4v) is 3.82. The molecule has 0 heterocycles. The molecule has 0 aliphatic carbocycles. The fourth-order valence-electron chi connectivity index (χ4n) is 3.82. The quantitative estimate of drug-likeness (QED) is 0.189. The number of Topliss-reactive ketones (excluding diaryl/α,β-unsaturated/α-hetero) is 2. The summed E-state index contributed by atoms with van der Waals surface area (Å²) in [7, 11) is 0. The Hall–Kier alpha value is -3.02. The van der Waals surface area contributed by atoms with E-state index in [1.807, 2.05) is 39.0 Å². The van der Waals surface area contributed by atoms with Crippen LogP contribution in [0.3, 0.4) is 0 Å². The van der Waals surface area contributed by atoms with E-state index in [1.165, 1.54) is 19.3 Å². The molecule has 0 spiro atoms. The van der Waals surface area contributed by atoms with Crippen LogP contribution in [-0.2, 0) is 22.4 Å². The number of carbonyl (C=O) groups is 2. The molecular formula is C34H54O6. The van der Waals surface area contributed by atoms with Crippen LogP contribution in [0, 0.1) is 0 Å². The molecule has 2 aromatic rings. The van der Waals surface area contributed by atoms with Crippen molar-refractivity contribution in [3.05, 3.63) is 47.5 Å². The summed E-state index contributed by atoms with van der Waals surface area (Å²) >= 11 is 0. The van der Waals surface area contributed by atoms with Gasteiger partial charge in [-0.15, -0.1) is 0 Å². The molecule has 0 unspecified atom stereocenters. The van der Waals surface area contributed by atoms with E-state index >= 15 is 0 Å². The van der Waals surface area contributed by atoms with Gasteiger partial charge < -0.3 is 19.7 Å². The van der Waals surface area contributed by atoms with Gasteiger partial charge in [0.05, 0.1) is 13.2 Å². The van der Waals surface area contributed by atoms with E-state index < -0.39 is 0 Å². The maximum absolute atomic E-state index is 11.8. The Labute approximate surface area is 243 Å². The monoisotopic (exact) mass is 558 g/mol. The first-order valence-corrected chi connectivity index (χ1v) is 15.2. The van der Waals surface area contributed by atoms with E-state index in [0.717, 1.165) is 30.4 Å². The van der Waals surface area contributed by atoms with Crippen LogP contribution in [-0.4, -0.2) is 35.0 Å². The number of carbonyl (C=O) groups excluding carboxylic acids is 2. The lowest BCUT2D eigenvalue weighted by molar-refractivity contribution is -0.119. The Bertz CT molecular complexity index is 953. The van der Waals surface area contributed by atoms with E-state index in [2.05, 4.69) is 20.8 Å². The van der Waals surface area contributed by atoms with Gasteiger partial charge in [0.2, 0.25) is 0 Å². The number of ketones is 2. The van der Waals surface area contributed by atoms with Crippen LogP contribution in [0.5, 0.6) is 23.0 Å². The Morgan fingerprint density at radius 1 is 0.600 bits per heavy atom. The zero-order valence-corrected chi connectivity index (χ0v) is 25.9. The van der Waals surface area contributed by atoms with Gasteiger partial charge in [0.15, 0.2) is 23.0 Å². The summed E-state index contributed by atoms with van der Waals surface area (Å²) < 4.78 is 10.6. The predicted octanol–water partition coefficient (Wildman–Crippen LogP) is 8.77. The third-order valence-electron chi connectivity index (χ3n) is 5.87. The molecule has 0 aliphatic heterocycles. The highest BCUT2D eigenvalue weighted by Crippen LogP contribution is 2.28. The lowest BCUT2D eigenvalue weighted by Gasteiger charge is -2.08. The number of phenols is 2. The van der Waals surface area contributed by atoms with Gasteiger partial charge in [0.25, 0.3) is 0 Å². The third-order valence-corrected chi connectivity index (χ3v) is 5.87. The summed E-state index contributed by atoms with van der Waals surface area (Å²) in [5.41, 5.74) is 2.06. The summed E-state index contributed by atoms with van der Waals surface area (Å²) in [5.74, 6) is 1.91. The highest BCUT2D eigenvalue weighted by molar-refractivity contribution is 5.79. The molecule has 0 amide bonds. The van der Waals surface area contributed by atoms with Gasteiger partial charge in [-0.2, -0.15) is 0 Å². The standard InChI is InChI=1S/C17H26O3.C14H20O3.C3H8/c1-3-5-6-7-8-15(18)11-9-14-10-12-16(19)17(13-14)20-4-2;1-3-5-12(15)8-6-11-7-9-13(16)14(10-11)17-4-2;1-3-2/h10,12-13,19H,3-9,11H2,1-2H3;7,9-10,16H,3-6,8H2,1-2H3;3H2,1-2H3. The van der Waals surface area contributed by atoms with Crippen LogP contribution >= 0.6 is 0 Å². The summed E-state index contributed by atoms with van der Waals surface area (Å²) in [4.78, 5) is 23.2. The number of aryl methyl sites for hydroxylation is 2. The first kappa shape index (κ1) is 37.0. The van der Waals surface area contributed by atoms with Gasteiger partial charge in [-0.05, 0) is 74.9 Å². The second-order valence-corrected chi connectivity index (χ2v) is 9.82. The SMILES string of the molecule is CCC.CCCC(=O)CCc1ccc(O)c(OCC)c1.CCCCCCC(=O)CCc1ccc(O)c(OCC)c1. The first-order valence-electron chi connectivity index (χ1n) is 15.2. The zero-order chi connectivity index (χ0) is 30.2. The molecule has 6 nitrogen and oxygen atoms in total. The average Bonchev–Trinajstić information content (AvgIpc) is 2.93. The number of rotatable bonds is 17. The van der Waals surface area contributed by atoms with Crippen molar-refractivity contribution in [1.29, 1.82) is 0 Å². The molecular weight excluding hydrogens is 504 g/mol. The van der Waals surface area contributed by atoms with E-state index in [4.69, 9.17) is 9.47 Å². The lowest BCUT2D eigenvalue weighted by Crippen LogP contribution is -2.01. The Kier molecular flexibility index (Phi) is 22.0. The van der Waals surface area contributed by atoms with Gasteiger partial charge in [0.1, 0.15) is 11.6 Å². The summed E-state index contributed by atoms with van der Waals surface area (Å²) in [6, 6.07) is 10.6. The van der Waals surface area contributed by atoms with Crippen LogP contribution in [0.4, 0.5) is 0 Å². The van der Waals surface area contributed by atoms with Crippen molar-refractivity contribution < 1.29 is 29.3 Å². The minimum absolute atomic E-state index is 0.149. The molecule has 6 heteroatoms. The molecule has 2 N–H and O–H groups in total. The summed E-state index contributed by atoms with van der Waals surface area (Å²) in [6.45, 7) is 13.2. The van der Waals surface area contributed by atoms with Crippen LogP contribution in [0.2, 0.25) is 0 Å². The first-order chi connectivity index (χ1) is 19.3. The van der Waals surface area contributed by atoms with Crippen molar-refractivity contribution in [3.8, 4) is 23.0 Å². The number of hydrogen-bond donors (Lipinski definition) is 2. The smallest absolute Gasteiger partial charge is 0.161 e. The molecule has 0 atom stereocenters. The van der Waals surface area contributed by atoms with Crippen LogP contribution in [0.15, 0.2) is 36.4 Å². The Morgan fingerprint density at radius 3 is 1.45 bits per heavy atom. The molecule has 0 aliphatic rings. The Balaban J connectivity index is 0.000000699. The molecule has 0 saturated carbocycles. The Morgan fingerprint density at radius 2 is 1.05 bits per heavy atom. The van der Waals surface area contributed by atoms with Crippen LogP contribution in [0.1, 0.15) is 117 Å². The topological polar surface area (TPSA) is 93.1 Å².